The van der Waals surface area contributed by atoms with E-state index in [1.165, 1.54) is 193 Å². The van der Waals surface area contributed by atoms with E-state index in [1.54, 1.807) is 0 Å². The molecule has 0 saturated heterocycles. The quantitative estimate of drug-likeness (QED) is 0.0346. The van der Waals surface area contributed by atoms with Crippen molar-refractivity contribution in [1.29, 1.82) is 0 Å². The summed E-state index contributed by atoms with van der Waals surface area (Å²) in [6, 6.07) is 0. The number of rotatable bonds is 53. The van der Waals surface area contributed by atoms with Gasteiger partial charge in [-0.2, -0.15) is 0 Å². The maximum atomic E-state index is 12.8. The van der Waals surface area contributed by atoms with Gasteiger partial charge < -0.3 is 14.2 Å². The van der Waals surface area contributed by atoms with Gasteiger partial charge in [-0.05, 0) is 109 Å². The average Bonchev–Trinajstić information content (AvgIpc) is 3.32. The third-order valence-corrected chi connectivity index (χ3v) is 12.5. The van der Waals surface area contributed by atoms with Crippen LogP contribution in [0.15, 0.2) is 60.8 Å². The van der Waals surface area contributed by atoms with E-state index in [0.29, 0.717) is 19.4 Å². The highest BCUT2D eigenvalue weighted by Crippen LogP contribution is 2.15. The lowest BCUT2D eigenvalue weighted by Crippen LogP contribution is -2.30. The van der Waals surface area contributed by atoms with E-state index in [0.717, 1.165) is 64.2 Å². The molecule has 0 bridgehead atoms. The van der Waals surface area contributed by atoms with Crippen LogP contribution in [0.1, 0.15) is 290 Å². The zero-order valence-electron chi connectivity index (χ0n) is 44.2. The van der Waals surface area contributed by atoms with Crippen molar-refractivity contribution in [3.63, 3.8) is 0 Å². The van der Waals surface area contributed by atoms with Gasteiger partial charge >= 0.3 is 11.9 Å². The summed E-state index contributed by atoms with van der Waals surface area (Å²) in [5.74, 6) is -0.408. The maximum Gasteiger partial charge on any atom is 0.306 e. The third kappa shape index (κ3) is 54.2. The smallest absolute Gasteiger partial charge is 0.306 e. The molecule has 0 spiro atoms. The van der Waals surface area contributed by atoms with Crippen molar-refractivity contribution in [2.45, 2.75) is 297 Å². The van der Waals surface area contributed by atoms with Crippen LogP contribution in [-0.4, -0.2) is 37.9 Å². The summed E-state index contributed by atoms with van der Waals surface area (Å²) < 4.78 is 17.5. The molecule has 5 nitrogen and oxygen atoms in total. The molecule has 1 unspecified atom stereocenters. The Morgan fingerprint density at radius 3 is 1.05 bits per heavy atom. The highest BCUT2D eigenvalue weighted by molar-refractivity contribution is 5.70. The molecule has 5 heteroatoms. The SMILES string of the molecule is CCCCC/C=C\C/C=C\CCCCCCCCCCCC(=O)OCC(COCCCCCCCC/C=C\C/C=C\CCCCC)OC(=O)CCCCCCC/C=C\CCCCCCCC. The van der Waals surface area contributed by atoms with Gasteiger partial charge in [0.1, 0.15) is 6.61 Å². The fourth-order valence-corrected chi connectivity index (χ4v) is 8.15. The largest absolute Gasteiger partial charge is 0.462 e. The molecule has 0 fully saturated rings. The molecule has 384 valence electrons. The normalized spacial score (nSPS) is 12.6. The fourth-order valence-electron chi connectivity index (χ4n) is 8.15. The number of unbranched alkanes of at least 4 members (excludes halogenated alkanes) is 32. The summed E-state index contributed by atoms with van der Waals surface area (Å²) in [7, 11) is 0. The van der Waals surface area contributed by atoms with Crippen LogP contribution in [-0.2, 0) is 23.8 Å². The molecular weight excluding hydrogens is 813 g/mol. The van der Waals surface area contributed by atoms with Crippen LogP contribution in [0.2, 0.25) is 0 Å². The topological polar surface area (TPSA) is 61.8 Å². The minimum absolute atomic E-state index is 0.0760. The van der Waals surface area contributed by atoms with Gasteiger partial charge in [0.25, 0.3) is 0 Å². The fraction of sp³-hybridized carbons (Fsp3) is 0.803. The van der Waals surface area contributed by atoms with Gasteiger partial charge in [-0.15, -0.1) is 0 Å². The van der Waals surface area contributed by atoms with E-state index < -0.39 is 6.10 Å². The number of hydrogen-bond acceptors (Lipinski definition) is 5. The summed E-state index contributed by atoms with van der Waals surface area (Å²) in [6.45, 7) is 7.77. The highest BCUT2D eigenvalue weighted by Gasteiger charge is 2.17. The lowest BCUT2D eigenvalue weighted by Gasteiger charge is -2.18. The lowest BCUT2D eigenvalue weighted by atomic mass is 10.1. The molecule has 0 rings (SSSR count). The predicted molar refractivity (Wildman–Crippen MR) is 288 cm³/mol. The number of hydrogen-bond donors (Lipinski definition) is 0. The van der Waals surface area contributed by atoms with Crippen LogP contribution < -0.4 is 0 Å². The van der Waals surface area contributed by atoms with E-state index >= 15 is 0 Å². The average molecular weight is 924 g/mol. The second-order valence-corrected chi connectivity index (χ2v) is 19.2. The van der Waals surface area contributed by atoms with Crippen LogP contribution in [0.4, 0.5) is 0 Å². The Morgan fingerprint density at radius 2 is 0.636 bits per heavy atom. The molecule has 0 aliphatic rings. The second kappa shape index (κ2) is 56.9. The Balaban J connectivity index is 4.28. The molecule has 0 amide bonds. The van der Waals surface area contributed by atoms with E-state index in [-0.39, 0.29) is 25.2 Å². The third-order valence-electron chi connectivity index (χ3n) is 12.5. The van der Waals surface area contributed by atoms with Crippen molar-refractivity contribution in [3.05, 3.63) is 60.8 Å². The van der Waals surface area contributed by atoms with Crippen LogP contribution in [0.5, 0.6) is 0 Å². The summed E-state index contributed by atoms with van der Waals surface area (Å²) in [5.41, 5.74) is 0. The predicted octanol–water partition coefficient (Wildman–Crippen LogP) is 19.7. The molecule has 0 saturated carbocycles. The second-order valence-electron chi connectivity index (χ2n) is 19.2. The van der Waals surface area contributed by atoms with Crippen molar-refractivity contribution < 1.29 is 23.8 Å². The van der Waals surface area contributed by atoms with Crippen LogP contribution >= 0.6 is 0 Å². The molecule has 0 aromatic carbocycles. The Labute approximate surface area is 411 Å². The Bertz CT molecular complexity index is 1130. The minimum Gasteiger partial charge on any atom is -0.462 e. The van der Waals surface area contributed by atoms with E-state index in [2.05, 4.69) is 81.5 Å². The number of carbonyl (C=O) groups is 2. The lowest BCUT2D eigenvalue weighted by molar-refractivity contribution is -0.163. The molecule has 0 aromatic heterocycles. The first-order valence-electron chi connectivity index (χ1n) is 28.8. The van der Waals surface area contributed by atoms with E-state index in [4.69, 9.17) is 14.2 Å². The van der Waals surface area contributed by atoms with Crippen LogP contribution in [0.25, 0.3) is 0 Å². The molecule has 0 radical (unpaired) electrons. The number of ether oxygens (including phenoxy) is 3. The molecule has 66 heavy (non-hydrogen) atoms. The van der Waals surface area contributed by atoms with Crippen LogP contribution in [0.3, 0.4) is 0 Å². The standard InChI is InChI=1S/C61H110O5/c1-4-7-10-13-16-19-22-25-28-30-31-32-34-36-39-42-45-48-51-54-60(62)65-58-59(57-64-56-53-50-47-44-41-38-35-29-26-23-20-17-14-11-8-5-2)66-61(63)55-52-49-46-43-40-37-33-27-24-21-18-15-12-9-6-3/h16-17,19-20,25-29,33,59H,4-15,18,21-24,30-32,34-58H2,1-3H3/b19-16-,20-17-,28-25-,29-26-,33-27-. The van der Waals surface area contributed by atoms with Crippen molar-refractivity contribution in [3.8, 4) is 0 Å². The first-order valence-corrected chi connectivity index (χ1v) is 28.8. The Hall–Kier alpha value is -2.40. The molecule has 0 aliphatic heterocycles. The number of allylic oxidation sites excluding steroid dienone is 10. The van der Waals surface area contributed by atoms with Gasteiger partial charge in [0, 0.05) is 19.4 Å². The molecule has 0 heterocycles. The number of esters is 2. The zero-order valence-corrected chi connectivity index (χ0v) is 44.2. The molecule has 0 aliphatic carbocycles. The first kappa shape index (κ1) is 63.6. The number of carbonyl (C=O) groups excluding carboxylic acids is 2. The van der Waals surface area contributed by atoms with Crippen molar-refractivity contribution in [2.75, 3.05) is 19.8 Å². The van der Waals surface area contributed by atoms with Gasteiger partial charge in [0.05, 0.1) is 6.61 Å². The zero-order chi connectivity index (χ0) is 47.7. The Morgan fingerprint density at radius 1 is 0.333 bits per heavy atom. The molecule has 0 N–H and O–H groups in total. The highest BCUT2D eigenvalue weighted by atomic mass is 16.6. The van der Waals surface area contributed by atoms with Crippen molar-refractivity contribution in [1.82, 2.24) is 0 Å². The van der Waals surface area contributed by atoms with E-state index in [9.17, 15) is 9.59 Å². The Kier molecular flexibility index (Phi) is 54.9. The van der Waals surface area contributed by atoms with Crippen molar-refractivity contribution in [2.24, 2.45) is 0 Å². The maximum absolute atomic E-state index is 12.8. The van der Waals surface area contributed by atoms with Gasteiger partial charge in [0.2, 0.25) is 0 Å². The first-order chi connectivity index (χ1) is 32.6. The van der Waals surface area contributed by atoms with Crippen LogP contribution in [0, 0.1) is 0 Å². The van der Waals surface area contributed by atoms with E-state index in [1.807, 2.05) is 0 Å². The van der Waals surface area contributed by atoms with Gasteiger partial charge in [-0.3, -0.25) is 9.59 Å². The minimum atomic E-state index is -0.549. The summed E-state index contributed by atoms with van der Waals surface area (Å²) in [6.07, 6.45) is 72.3. The summed E-state index contributed by atoms with van der Waals surface area (Å²) >= 11 is 0. The molecular formula is C61H110O5. The van der Waals surface area contributed by atoms with Crippen molar-refractivity contribution >= 4 is 11.9 Å². The summed E-state index contributed by atoms with van der Waals surface area (Å²) in [5, 5.41) is 0. The molecule has 0 aromatic rings. The molecule has 1 atom stereocenters. The monoisotopic (exact) mass is 923 g/mol. The van der Waals surface area contributed by atoms with Gasteiger partial charge in [-0.1, -0.05) is 229 Å². The van der Waals surface area contributed by atoms with Gasteiger partial charge in [0.15, 0.2) is 6.10 Å². The summed E-state index contributed by atoms with van der Waals surface area (Å²) in [4.78, 5) is 25.5. The van der Waals surface area contributed by atoms with Gasteiger partial charge in [-0.25, -0.2) is 0 Å².